The Labute approximate surface area is 207 Å². The summed E-state index contributed by atoms with van der Waals surface area (Å²) in [4.78, 5) is 21.8. The first-order valence-electron chi connectivity index (χ1n) is 12.1. The van der Waals surface area contributed by atoms with E-state index in [0.717, 1.165) is 5.56 Å². The summed E-state index contributed by atoms with van der Waals surface area (Å²) < 4.78 is 37.5. The molecule has 0 radical (unpaired) electrons. The lowest BCUT2D eigenvalue weighted by molar-refractivity contribution is -0.146. The van der Waals surface area contributed by atoms with E-state index in [4.69, 9.17) is 38.3 Å². The number of carboxylic acids is 1. The van der Waals surface area contributed by atoms with E-state index in [1.165, 1.54) is 0 Å². The minimum atomic E-state index is -0.858. The fourth-order valence-corrected chi connectivity index (χ4v) is 2.70. The van der Waals surface area contributed by atoms with Crippen molar-refractivity contribution in [3.8, 4) is 0 Å². The molecule has 0 aliphatic carbocycles. The van der Waals surface area contributed by atoms with Crippen LogP contribution in [-0.4, -0.2) is 96.3 Å². The Balaban J connectivity index is 1.69. The second kappa shape index (κ2) is 23.7. The second-order valence-corrected chi connectivity index (χ2v) is 7.42. The second-order valence-electron chi connectivity index (χ2n) is 7.42. The van der Waals surface area contributed by atoms with E-state index in [2.05, 4.69) is 0 Å². The lowest BCUT2D eigenvalue weighted by Crippen LogP contribution is -2.15. The van der Waals surface area contributed by atoms with E-state index >= 15 is 0 Å². The Morgan fingerprint density at radius 1 is 0.571 bits per heavy atom. The van der Waals surface area contributed by atoms with Gasteiger partial charge in [-0.25, -0.2) is 0 Å². The Hall–Kier alpha value is -2.08. The number of hydrogen-bond acceptors (Lipinski definition) is 9. The van der Waals surface area contributed by atoms with Crippen molar-refractivity contribution in [3.63, 3.8) is 0 Å². The molecule has 0 saturated carbocycles. The van der Waals surface area contributed by atoms with Crippen LogP contribution in [0.4, 0.5) is 0 Å². The molecule has 0 saturated heterocycles. The third-order valence-corrected chi connectivity index (χ3v) is 4.48. The van der Waals surface area contributed by atoms with Gasteiger partial charge in [0.15, 0.2) is 0 Å². The van der Waals surface area contributed by atoms with Crippen LogP contribution in [0.15, 0.2) is 30.3 Å². The largest absolute Gasteiger partial charge is 0.481 e. The van der Waals surface area contributed by atoms with Gasteiger partial charge in [-0.1, -0.05) is 30.3 Å². The summed E-state index contributed by atoms with van der Waals surface area (Å²) >= 11 is 0. The first-order valence-corrected chi connectivity index (χ1v) is 12.1. The number of aliphatic carboxylic acids is 1. The molecule has 10 nitrogen and oxygen atoms in total. The van der Waals surface area contributed by atoms with Crippen LogP contribution in [0.3, 0.4) is 0 Å². The molecule has 0 aliphatic rings. The zero-order valence-electron chi connectivity index (χ0n) is 20.5. The number of esters is 1. The lowest BCUT2D eigenvalue weighted by atomic mass is 10.2. The number of unbranched alkanes of at least 4 members (excludes halogenated alkanes) is 1. The normalized spacial score (nSPS) is 11.0. The average molecular weight is 501 g/mol. The molecule has 200 valence electrons. The number of carbonyl (C=O) groups is 2. The van der Waals surface area contributed by atoms with Crippen molar-refractivity contribution in [1.29, 1.82) is 0 Å². The van der Waals surface area contributed by atoms with Crippen molar-refractivity contribution in [3.05, 3.63) is 35.9 Å². The van der Waals surface area contributed by atoms with Crippen molar-refractivity contribution >= 4 is 11.9 Å². The van der Waals surface area contributed by atoms with Crippen molar-refractivity contribution < 1.29 is 47.9 Å². The van der Waals surface area contributed by atoms with Crippen molar-refractivity contribution in [2.24, 2.45) is 0 Å². The minimum absolute atomic E-state index is 0.0671. The van der Waals surface area contributed by atoms with Crippen molar-refractivity contribution in [1.82, 2.24) is 0 Å². The maximum Gasteiger partial charge on any atom is 0.305 e. The maximum atomic E-state index is 11.4. The van der Waals surface area contributed by atoms with Gasteiger partial charge in [-0.2, -0.15) is 0 Å². The van der Waals surface area contributed by atoms with Gasteiger partial charge in [0.25, 0.3) is 0 Å². The average Bonchev–Trinajstić information content (AvgIpc) is 2.86. The molecule has 0 atom stereocenters. The molecule has 0 spiro atoms. The van der Waals surface area contributed by atoms with E-state index < -0.39 is 5.97 Å². The highest BCUT2D eigenvalue weighted by Crippen LogP contribution is 2.01. The van der Waals surface area contributed by atoms with Crippen LogP contribution < -0.4 is 0 Å². The summed E-state index contributed by atoms with van der Waals surface area (Å²) in [5.41, 5.74) is 1.15. The standard InChI is InChI=1S/C25H40O10/c26-24(27)8-4-5-9-25(28)35-21-20-33-17-16-31-13-12-29-10-11-30-14-15-32-18-19-34-22-23-6-2-1-3-7-23/h1-3,6-7H,4-5,8-22H2,(H,26,27). The van der Waals surface area contributed by atoms with Gasteiger partial charge >= 0.3 is 11.9 Å². The molecule has 1 rings (SSSR count). The number of carbonyl (C=O) groups excluding carboxylic acids is 1. The molecular formula is C25H40O10. The Kier molecular flexibility index (Phi) is 20.9. The Bertz CT molecular complexity index is 626. The number of carboxylic acid groups (broad SMARTS) is 1. The summed E-state index contributed by atoms with van der Waals surface area (Å²) in [6.45, 7) is 5.91. The molecule has 0 amide bonds. The van der Waals surface area contributed by atoms with Gasteiger partial charge in [0.05, 0.1) is 79.3 Å². The third-order valence-electron chi connectivity index (χ3n) is 4.48. The number of ether oxygens (including phenoxy) is 7. The molecule has 1 N–H and O–H groups in total. The van der Waals surface area contributed by atoms with Crippen molar-refractivity contribution in [2.45, 2.75) is 32.3 Å². The summed E-state index contributed by atoms with van der Waals surface area (Å²) in [5.74, 6) is -1.20. The molecular weight excluding hydrogens is 460 g/mol. The third kappa shape index (κ3) is 22.1. The van der Waals surface area contributed by atoms with Gasteiger partial charge in [0.1, 0.15) is 6.61 Å². The van der Waals surface area contributed by atoms with E-state index in [0.29, 0.717) is 92.1 Å². The van der Waals surface area contributed by atoms with Gasteiger partial charge in [0.2, 0.25) is 0 Å². The summed E-state index contributed by atoms with van der Waals surface area (Å²) in [5, 5.41) is 8.52. The molecule has 0 fully saturated rings. The topological polar surface area (TPSA) is 119 Å². The van der Waals surface area contributed by atoms with Gasteiger partial charge in [-0.05, 0) is 18.4 Å². The SMILES string of the molecule is O=C(O)CCCCC(=O)OCCOCCOCCOCCOCCOCCOCc1ccccc1. The summed E-state index contributed by atoms with van der Waals surface area (Å²) in [6.07, 6.45) is 1.27. The molecule has 0 aromatic heterocycles. The number of benzene rings is 1. The minimum Gasteiger partial charge on any atom is -0.481 e. The molecule has 0 heterocycles. The first-order chi connectivity index (χ1) is 17.2. The van der Waals surface area contributed by atoms with Crippen molar-refractivity contribution in [2.75, 3.05) is 79.3 Å². The smallest absolute Gasteiger partial charge is 0.305 e. The number of hydrogen-bond donors (Lipinski definition) is 1. The molecule has 0 unspecified atom stereocenters. The predicted molar refractivity (Wildman–Crippen MR) is 127 cm³/mol. The zero-order valence-corrected chi connectivity index (χ0v) is 20.5. The van der Waals surface area contributed by atoms with E-state index in [1.807, 2.05) is 30.3 Å². The van der Waals surface area contributed by atoms with Crippen LogP contribution in [0.25, 0.3) is 0 Å². The predicted octanol–water partition coefficient (Wildman–Crippen LogP) is 2.47. The first kappa shape index (κ1) is 31.0. The monoisotopic (exact) mass is 500 g/mol. The Morgan fingerprint density at radius 3 is 1.49 bits per heavy atom. The highest BCUT2D eigenvalue weighted by atomic mass is 16.6. The molecule has 0 aliphatic heterocycles. The van der Waals surface area contributed by atoms with Crippen LogP contribution in [-0.2, 0) is 49.4 Å². The summed E-state index contributed by atoms with van der Waals surface area (Å²) in [6, 6.07) is 10.0. The van der Waals surface area contributed by atoms with E-state index in [1.54, 1.807) is 0 Å². The number of rotatable bonds is 25. The Morgan fingerprint density at radius 2 is 1.00 bits per heavy atom. The van der Waals surface area contributed by atoms with Crippen LogP contribution in [0.5, 0.6) is 0 Å². The zero-order chi connectivity index (χ0) is 25.2. The molecule has 1 aromatic rings. The van der Waals surface area contributed by atoms with E-state index in [9.17, 15) is 9.59 Å². The van der Waals surface area contributed by atoms with Crippen LogP contribution in [0.2, 0.25) is 0 Å². The molecule has 35 heavy (non-hydrogen) atoms. The van der Waals surface area contributed by atoms with Gasteiger partial charge in [-0.15, -0.1) is 0 Å². The molecule has 0 bridgehead atoms. The summed E-state index contributed by atoms with van der Waals surface area (Å²) in [7, 11) is 0. The van der Waals surface area contributed by atoms with Gasteiger partial charge in [0, 0.05) is 12.8 Å². The van der Waals surface area contributed by atoms with Crippen LogP contribution in [0, 0.1) is 0 Å². The highest BCUT2D eigenvalue weighted by molar-refractivity contribution is 5.69. The van der Waals surface area contributed by atoms with Gasteiger partial charge < -0.3 is 38.3 Å². The van der Waals surface area contributed by atoms with E-state index in [-0.39, 0.29) is 25.4 Å². The fraction of sp³-hybridized carbons (Fsp3) is 0.680. The van der Waals surface area contributed by atoms with Crippen LogP contribution >= 0.6 is 0 Å². The fourth-order valence-electron chi connectivity index (χ4n) is 2.70. The molecule has 10 heteroatoms. The lowest BCUT2D eigenvalue weighted by Gasteiger charge is -2.08. The quantitative estimate of drug-likeness (QED) is 0.158. The maximum absolute atomic E-state index is 11.4. The molecule has 1 aromatic carbocycles. The van der Waals surface area contributed by atoms with Crippen LogP contribution in [0.1, 0.15) is 31.2 Å². The van der Waals surface area contributed by atoms with Gasteiger partial charge in [-0.3, -0.25) is 9.59 Å². The highest BCUT2D eigenvalue weighted by Gasteiger charge is 2.04.